The van der Waals surface area contributed by atoms with Crippen LogP contribution in [-0.2, 0) is 7.05 Å². The number of aromatic nitrogens is 1. The van der Waals surface area contributed by atoms with Crippen LogP contribution < -0.4 is 0 Å². The third-order valence-corrected chi connectivity index (χ3v) is 3.86. The molecule has 1 atom stereocenters. The van der Waals surface area contributed by atoms with Gasteiger partial charge in [0.05, 0.1) is 0 Å². The topological polar surface area (TPSA) is 22.0 Å². The minimum absolute atomic E-state index is 0.123. The fourth-order valence-corrected chi connectivity index (χ4v) is 2.66. The monoisotopic (exact) mass is 263 g/mol. The van der Waals surface area contributed by atoms with E-state index in [-0.39, 0.29) is 11.7 Å². The first-order valence-corrected chi connectivity index (χ1v) is 6.81. The van der Waals surface area contributed by atoms with Gasteiger partial charge in [-0.25, -0.2) is 0 Å². The smallest absolute Gasteiger partial charge is 0.172 e. The number of nitrogens with zero attached hydrogens (tertiary/aromatic N) is 1. The summed E-state index contributed by atoms with van der Waals surface area (Å²) in [4.78, 5) is 12.8. The van der Waals surface area contributed by atoms with Gasteiger partial charge in [-0.1, -0.05) is 55.5 Å². The van der Waals surface area contributed by atoms with Gasteiger partial charge in [-0.3, -0.25) is 4.79 Å². The molecule has 0 aliphatic heterocycles. The average Bonchev–Trinajstić information content (AvgIpc) is 2.84. The molecule has 0 spiro atoms. The number of aryl methyl sites for hydroxylation is 1. The Morgan fingerprint density at radius 2 is 1.65 bits per heavy atom. The van der Waals surface area contributed by atoms with Crippen molar-refractivity contribution in [1.82, 2.24) is 4.57 Å². The Morgan fingerprint density at radius 1 is 1.00 bits per heavy atom. The Kier molecular flexibility index (Phi) is 3.15. The Balaban J connectivity index is 2.05. The van der Waals surface area contributed by atoms with Crippen LogP contribution in [0.5, 0.6) is 0 Å². The van der Waals surface area contributed by atoms with Crippen molar-refractivity contribution < 1.29 is 4.79 Å². The number of ketones is 1. The van der Waals surface area contributed by atoms with Crippen LogP contribution >= 0.6 is 0 Å². The van der Waals surface area contributed by atoms with Crippen LogP contribution in [0.4, 0.5) is 0 Å². The summed E-state index contributed by atoms with van der Waals surface area (Å²) >= 11 is 0. The minimum atomic E-state index is -0.123. The molecular weight excluding hydrogens is 246 g/mol. The van der Waals surface area contributed by atoms with Crippen molar-refractivity contribution in [2.24, 2.45) is 7.05 Å². The van der Waals surface area contributed by atoms with Gasteiger partial charge in [-0.15, -0.1) is 0 Å². The molecule has 0 aliphatic carbocycles. The van der Waals surface area contributed by atoms with Crippen LogP contribution in [0.25, 0.3) is 10.9 Å². The molecule has 0 radical (unpaired) electrons. The predicted molar refractivity (Wildman–Crippen MR) is 82.1 cm³/mol. The van der Waals surface area contributed by atoms with Gasteiger partial charge in [0.1, 0.15) is 0 Å². The maximum Gasteiger partial charge on any atom is 0.172 e. The van der Waals surface area contributed by atoms with Crippen molar-refractivity contribution in [2.75, 3.05) is 0 Å². The first-order chi connectivity index (χ1) is 9.68. The Morgan fingerprint density at radius 3 is 2.40 bits per heavy atom. The molecule has 0 aliphatic rings. The number of Topliss-reactive ketones (excluding diaryl/α,β-unsaturated/α-hetero) is 1. The van der Waals surface area contributed by atoms with Gasteiger partial charge in [0.15, 0.2) is 5.78 Å². The molecule has 0 saturated heterocycles. The van der Waals surface area contributed by atoms with E-state index in [1.165, 1.54) is 0 Å². The fraction of sp³-hybridized carbons (Fsp3) is 0.167. The summed E-state index contributed by atoms with van der Waals surface area (Å²) in [7, 11) is 1.98. The van der Waals surface area contributed by atoms with Crippen LogP contribution in [-0.4, -0.2) is 10.4 Å². The quantitative estimate of drug-likeness (QED) is 0.650. The zero-order chi connectivity index (χ0) is 14.1. The Hall–Kier alpha value is -2.35. The van der Waals surface area contributed by atoms with Gasteiger partial charge >= 0.3 is 0 Å². The second kappa shape index (κ2) is 4.97. The van der Waals surface area contributed by atoms with E-state index in [0.29, 0.717) is 0 Å². The van der Waals surface area contributed by atoms with E-state index < -0.39 is 0 Å². The molecule has 100 valence electrons. The molecule has 0 fully saturated rings. The number of carbonyl (C=O) groups excluding carboxylic acids is 1. The maximum atomic E-state index is 12.8. The van der Waals surface area contributed by atoms with Gasteiger partial charge in [0, 0.05) is 35.6 Å². The van der Waals surface area contributed by atoms with E-state index in [4.69, 9.17) is 0 Å². The molecule has 2 heteroatoms. The Bertz CT molecular complexity index is 755. The van der Waals surface area contributed by atoms with Crippen LogP contribution in [0.15, 0.2) is 60.8 Å². The molecular formula is C18H17NO. The van der Waals surface area contributed by atoms with E-state index in [1.54, 1.807) is 0 Å². The largest absolute Gasteiger partial charge is 0.350 e. The highest BCUT2D eigenvalue weighted by atomic mass is 16.1. The number of hydrogen-bond acceptors (Lipinski definition) is 1. The third kappa shape index (κ3) is 2.03. The summed E-state index contributed by atoms with van der Waals surface area (Å²) < 4.78 is 2.01. The zero-order valence-corrected chi connectivity index (χ0v) is 11.7. The second-order valence-electron chi connectivity index (χ2n) is 5.17. The van der Waals surface area contributed by atoms with E-state index >= 15 is 0 Å². The highest BCUT2D eigenvalue weighted by Crippen LogP contribution is 2.26. The van der Waals surface area contributed by atoms with E-state index in [9.17, 15) is 4.79 Å². The van der Waals surface area contributed by atoms with Gasteiger partial charge in [-0.2, -0.15) is 0 Å². The predicted octanol–water partition coefficient (Wildman–Crippen LogP) is 4.16. The number of para-hydroxylation sites is 1. The summed E-state index contributed by atoms with van der Waals surface area (Å²) in [5.41, 5.74) is 2.96. The SMILES string of the molecule is C[C@H](C(=O)c1cn(C)c2ccccc12)c1ccccc1. The lowest BCUT2D eigenvalue weighted by molar-refractivity contribution is 0.0967. The van der Waals surface area contributed by atoms with Gasteiger partial charge in [-0.05, 0) is 11.6 Å². The van der Waals surface area contributed by atoms with Crippen LogP contribution in [0.3, 0.4) is 0 Å². The Labute approximate surface area is 118 Å². The van der Waals surface area contributed by atoms with Gasteiger partial charge in [0.25, 0.3) is 0 Å². The van der Waals surface area contributed by atoms with E-state index in [0.717, 1.165) is 22.0 Å². The fourth-order valence-electron chi connectivity index (χ4n) is 2.66. The number of benzene rings is 2. The van der Waals surface area contributed by atoms with Crippen molar-refractivity contribution in [2.45, 2.75) is 12.8 Å². The summed E-state index contributed by atoms with van der Waals surface area (Å²) in [6.07, 6.45) is 1.94. The standard InChI is InChI=1S/C18H17NO/c1-13(14-8-4-3-5-9-14)18(20)16-12-19(2)17-11-7-6-10-15(16)17/h3-13H,1-2H3/t13-/m0/s1. The van der Waals surface area contributed by atoms with Crippen LogP contribution in [0, 0.1) is 0 Å². The van der Waals surface area contributed by atoms with E-state index in [1.807, 2.05) is 79.3 Å². The zero-order valence-electron chi connectivity index (χ0n) is 11.7. The molecule has 0 N–H and O–H groups in total. The molecule has 0 bridgehead atoms. The van der Waals surface area contributed by atoms with E-state index in [2.05, 4.69) is 0 Å². The molecule has 0 unspecified atom stereocenters. The van der Waals surface area contributed by atoms with Crippen molar-refractivity contribution in [3.63, 3.8) is 0 Å². The minimum Gasteiger partial charge on any atom is -0.350 e. The highest BCUT2D eigenvalue weighted by molar-refractivity contribution is 6.10. The first-order valence-electron chi connectivity index (χ1n) is 6.81. The number of rotatable bonds is 3. The lowest BCUT2D eigenvalue weighted by atomic mass is 9.92. The second-order valence-corrected chi connectivity index (χ2v) is 5.17. The van der Waals surface area contributed by atoms with Crippen LogP contribution in [0.2, 0.25) is 0 Å². The molecule has 1 heterocycles. The maximum absolute atomic E-state index is 12.8. The number of fused-ring (bicyclic) bond motifs is 1. The molecule has 1 aromatic heterocycles. The highest BCUT2D eigenvalue weighted by Gasteiger charge is 2.20. The molecule has 2 aromatic carbocycles. The summed E-state index contributed by atoms with van der Waals surface area (Å²) in [5.74, 6) is 0.0509. The summed E-state index contributed by atoms with van der Waals surface area (Å²) in [6, 6.07) is 18.0. The number of hydrogen-bond donors (Lipinski definition) is 0. The average molecular weight is 263 g/mol. The molecule has 0 amide bonds. The van der Waals surface area contributed by atoms with Crippen LogP contribution in [0.1, 0.15) is 28.8 Å². The van der Waals surface area contributed by atoms with Crippen molar-refractivity contribution in [1.29, 1.82) is 0 Å². The third-order valence-electron chi connectivity index (χ3n) is 3.86. The van der Waals surface area contributed by atoms with Crippen molar-refractivity contribution in [3.8, 4) is 0 Å². The first kappa shape index (κ1) is 12.7. The molecule has 20 heavy (non-hydrogen) atoms. The molecule has 0 saturated carbocycles. The summed E-state index contributed by atoms with van der Waals surface area (Å²) in [6.45, 7) is 1.97. The molecule has 3 rings (SSSR count). The lowest BCUT2D eigenvalue weighted by Crippen LogP contribution is -2.09. The normalized spacial score (nSPS) is 12.5. The van der Waals surface area contributed by atoms with Gasteiger partial charge in [0.2, 0.25) is 0 Å². The van der Waals surface area contributed by atoms with Gasteiger partial charge < -0.3 is 4.57 Å². The lowest BCUT2D eigenvalue weighted by Gasteiger charge is -2.10. The van der Waals surface area contributed by atoms with Crippen molar-refractivity contribution in [3.05, 3.63) is 71.9 Å². The molecule has 2 nitrogen and oxygen atoms in total. The molecule has 3 aromatic rings. The van der Waals surface area contributed by atoms with Crippen molar-refractivity contribution >= 4 is 16.7 Å². The summed E-state index contributed by atoms with van der Waals surface area (Å²) in [5, 5.41) is 1.03. The number of carbonyl (C=O) groups is 1.